The minimum absolute atomic E-state index is 0. The van der Waals surface area contributed by atoms with Crippen molar-refractivity contribution < 1.29 is 9.53 Å². The summed E-state index contributed by atoms with van der Waals surface area (Å²) in [7, 11) is 0. The molecule has 0 N–H and O–H groups in total. The van der Waals surface area contributed by atoms with E-state index in [-0.39, 0.29) is 24.3 Å². The summed E-state index contributed by atoms with van der Waals surface area (Å²) in [6, 6.07) is 0. The highest BCUT2D eigenvalue weighted by molar-refractivity contribution is 6.18. The van der Waals surface area contributed by atoms with Crippen molar-refractivity contribution in [3.63, 3.8) is 0 Å². The van der Waals surface area contributed by atoms with E-state index in [1.165, 1.54) is 0 Å². The second kappa shape index (κ2) is 8.20. The van der Waals surface area contributed by atoms with Crippen LogP contribution in [0.15, 0.2) is 0 Å². The van der Waals surface area contributed by atoms with Gasteiger partial charge in [-0.3, -0.25) is 4.79 Å². The molecule has 1 saturated heterocycles. The lowest BCUT2D eigenvalue weighted by atomic mass is 9.97. The summed E-state index contributed by atoms with van der Waals surface area (Å²) in [6.07, 6.45) is 1.82. The van der Waals surface area contributed by atoms with Gasteiger partial charge in [0.15, 0.2) is 0 Å². The molecule has 0 atom stereocenters. The number of carbonyl (C=O) groups is 1. The van der Waals surface area contributed by atoms with Gasteiger partial charge in [0.1, 0.15) is 0 Å². The van der Waals surface area contributed by atoms with Crippen molar-refractivity contribution in [1.29, 1.82) is 0 Å². The van der Waals surface area contributed by atoms with Crippen LogP contribution < -0.4 is 0 Å². The van der Waals surface area contributed by atoms with Crippen molar-refractivity contribution in [3.8, 4) is 0 Å². The van der Waals surface area contributed by atoms with Gasteiger partial charge in [-0.15, -0.1) is 24.0 Å². The standard InChI is InChI=1S/C10H18ClNO2.ClH/c1-2-14-10(13)9-3-6-12(7-4-9)8-5-11;/h9H,2-8H2,1H3;1H. The molecule has 15 heavy (non-hydrogen) atoms. The third-order valence-electron chi connectivity index (χ3n) is 2.61. The Labute approximate surface area is 103 Å². The van der Waals surface area contributed by atoms with Crippen molar-refractivity contribution >= 4 is 30.0 Å². The lowest BCUT2D eigenvalue weighted by Gasteiger charge is -2.30. The normalized spacial score (nSPS) is 18.3. The van der Waals surface area contributed by atoms with Gasteiger partial charge in [0.2, 0.25) is 0 Å². The molecule has 90 valence electrons. The van der Waals surface area contributed by atoms with Gasteiger partial charge < -0.3 is 9.64 Å². The Morgan fingerprint density at radius 1 is 1.47 bits per heavy atom. The molecule has 5 heteroatoms. The second-order valence-corrected chi connectivity index (χ2v) is 3.93. The van der Waals surface area contributed by atoms with E-state index in [2.05, 4.69) is 4.90 Å². The summed E-state index contributed by atoms with van der Waals surface area (Å²) in [5.41, 5.74) is 0. The number of rotatable bonds is 4. The van der Waals surface area contributed by atoms with E-state index >= 15 is 0 Å². The number of hydrogen-bond donors (Lipinski definition) is 0. The third-order valence-corrected chi connectivity index (χ3v) is 2.78. The van der Waals surface area contributed by atoms with Crippen LogP contribution in [-0.4, -0.2) is 43.0 Å². The number of ether oxygens (including phenoxy) is 1. The molecule has 0 aromatic carbocycles. The average Bonchev–Trinajstić information content (AvgIpc) is 2.20. The largest absolute Gasteiger partial charge is 0.466 e. The molecule has 3 nitrogen and oxygen atoms in total. The van der Waals surface area contributed by atoms with Crippen LogP contribution in [0.25, 0.3) is 0 Å². The Balaban J connectivity index is 0.00000196. The summed E-state index contributed by atoms with van der Waals surface area (Å²) in [4.78, 5) is 13.7. The molecular formula is C10H19Cl2NO2. The predicted octanol–water partition coefficient (Wildman–Crippen LogP) is 1.92. The molecule has 1 fully saturated rings. The Morgan fingerprint density at radius 2 is 2.07 bits per heavy atom. The zero-order chi connectivity index (χ0) is 10.4. The first-order valence-corrected chi connectivity index (χ1v) is 5.76. The Kier molecular flexibility index (Phi) is 8.20. The van der Waals surface area contributed by atoms with E-state index in [9.17, 15) is 4.79 Å². The molecule has 0 amide bonds. The van der Waals surface area contributed by atoms with Gasteiger partial charge in [-0.2, -0.15) is 0 Å². The maximum atomic E-state index is 11.4. The van der Waals surface area contributed by atoms with Gasteiger partial charge >= 0.3 is 5.97 Å². The maximum Gasteiger partial charge on any atom is 0.309 e. The van der Waals surface area contributed by atoms with E-state index in [1.807, 2.05) is 6.92 Å². The molecule has 0 unspecified atom stereocenters. The quantitative estimate of drug-likeness (QED) is 0.568. The van der Waals surface area contributed by atoms with E-state index in [1.54, 1.807) is 0 Å². The lowest BCUT2D eigenvalue weighted by molar-refractivity contribution is -0.149. The van der Waals surface area contributed by atoms with Gasteiger partial charge in [0.25, 0.3) is 0 Å². The van der Waals surface area contributed by atoms with Crippen molar-refractivity contribution in [2.24, 2.45) is 5.92 Å². The van der Waals surface area contributed by atoms with Crippen LogP contribution in [0, 0.1) is 5.92 Å². The summed E-state index contributed by atoms with van der Waals surface area (Å²) in [6.45, 7) is 5.20. The minimum Gasteiger partial charge on any atom is -0.466 e. The average molecular weight is 256 g/mol. The smallest absolute Gasteiger partial charge is 0.309 e. The van der Waals surface area contributed by atoms with E-state index < -0.39 is 0 Å². The highest BCUT2D eigenvalue weighted by Gasteiger charge is 2.25. The molecule has 0 aromatic rings. The van der Waals surface area contributed by atoms with Gasteiger partial charge in [-0.1, -0.05) is 0 Å². The monoisotopic (exact) mass is 255 g/mol. The molecule has 0 saturated carbocycles. The summed E-state index contributed by atoms with van der Waals surface area (Å²) < 4.78 is 4.99. The molecule has 1 aliphatic rings. The predicted molar refractivity (Wildman–Crippen MR) is 63.8 cm³/mol. The van der Waals surface area contributed by atoms with Crippen LogP contribution in [-0.2, 0) is 9.53 Å². The fourth-order valence-corrected chi connectivity index (χ4v) is 2.01. The third kappa shape index (κ3) is 5.05. The van der Waals surface area contributed by atoms with Crippen LogP contribution >= 0.6 is 24.0 Å². The molecule has 1 rings (SSSR count). The molecule has 0 aliphatic carbocycles. The maximum absolute atomic E-state index is 11.4. The minimum atomic E-state index is -0.0296. The number of piperidine rings is 1. The zero-order valence-corrected chi connectivity index (χ0v) is 10.6. The van der Waals surface area contributed by atoms with Crippen LogP contribution in [0.5, 0.6) is 0 Å². The van der Waals surface area contributed by atoms with Gasteiger partial charge in [-0.05, 0) is 32.9 Å². The molecular weight excluding hydrogens is 237 g/mol. The highest BCUT2D eigenvalue weighted by Crippen LogP contribution is 2.18. The molecule has 1 aliphatic heterocycles. The lowest BCUT2D eigenvalue weighted by Crippen LogP contribution is -2.37. The molecule has 0 spiro atoms. The number of carbonyl (C=O) groups excluding carboxylic acids is 1. The van der Waals surface area contributed by atoms with Crippen molar-refractivity contribution in [1.82, 2.24) is 4.90 Å². The first-order valence-electron chi connectivity index (χ1n) is 5.23. The summed E-state index contributed by atoms with van der Waals surface area (Å²) >= 11 is 5.65. The van der Waals surface area contributed by atoms with Crippen molar-refractivity contribution in [3.05, 3.63) is 0 Å². The fraction of sp³-hybridized carbons (Fsp3) is 0.900. The first kappa shape index (κ1) is 15.0. The van der Waals surface area contributed by atoms with Crippen molar-refractivity contribution in [2.45, 2.75) is 19.8 Å². The number of hydrogen-bond acceptors (Lipinski definition) is 3. The summed E-state index contributed by atoms with van der Waals surface area (Å²) in [5.74, 6) is 0.754. The number of nitrogens with zero attached hydrogens (tertiary/aromatic N) is 1. The van der Waals surface area contributed by atoms with Crippen LogP contribution in [0.1, 0.15) is 19.8 Å². The zero-order valence-electron chi connectivity index (χ0n) is 9.08. The van der Waals surface area contributed by atoms with Crippen LogP contribution in [0.4, 0.5) is 0 Å². The Morgan fingerprint density at radius 3 is 2.53 bits per heavy atom. The first-order chi connectivity index (χ1) is 6.77. The SMILES string of the molecule is CCOC(=O)C1CCN(CCCl)CC1.Cl. The number of halogens is 2. The fourth-order valence-electron chi connectivity index (χ4n) is 1.77. The van der Waals surface area contributed by atoms with Crippen molar-refractivity contribution in [2.75, 3.05) is 32.1 Å². The molecule has 0 bridgehead atoms. The van der Waals surface area contributed by atoms with Gasteiger partial charge in [0.05, 0.1) is 12.5 Å². The Hall–Kier alpha value is 0.01000. The summed E-state index contributed by atoms with van der Waals surface area (Å²) in [5, 5.41) is 0. The van der Waals surface area contributed by atoms with E-state index in [0.29, 0.717) is 12.5 Å². The topological polar surface area (TPSA) is 29.5 Å². The highest BCUT2D eigenvalue weighted by atomic mass is 35.5. The van der Waals surface area contributed by atoms with Crippen LogP contribution in [0.2, 0.25) is 0 Å². The Bertz CT molecular complexity index is 182. The molecule has 0 radical (unpaired) electrons. The number of likely N-dealkylation sites (tertiary alicyclic amines) is 1. The van der Waals surface area contributed by atoms with Crippen LogP contribution in [0.3, 0.4) is 0 Å². The van der Waals surface area contributed by atoms with Gasteiger partial charge in [0, 0.05) is 12.4 Å². The molecule has 1 heterocycles. The number of alkyl halides is 1. The molecule has 0 aromatic heterocycles. The van der Waals surface area contributed by atoms with E-state index in [4.69, 9.17) is 16.3 Å². The number of esters is 1. The second-order valence-electron chi connectivity index (χ2n) is 3.56. The van der Waals surface area contributed by atoms with E-state index in [0.717, 1.165) is 32.5 Å². The van der Waals surface area contributed by atoms with Gasteiger partial charge in [-0.25, -0.2) is 0 Å².